The largest absolute Gasteiger partial charge is 0.468 e. The van der Waals surface area contributed by atoms with Gasteiger partial charge in [0.25, 0.3) is 0 Å². The van der Waals surface area contributed by atoms with Gasteiger partial charge >= 0.3 is 11.9 Å². The van der Waals surface area contributed by atoms with E-state index in [4.69, 9.17) is 9.47 Å². The predicted molar refractivity (Wildman–Crippen MR) is 164 cm³/mol. The second-order valence-electron chi connectivity index (χ2n) is 11.4. The van der Waals surface area contributed by atoms with Crippen molar-refractivity contribution in [2.75, 3.05) is 37.9 Å². The molecule has 44 heavy (non-hydrogen) atoms. The quantitative estimate of drug-likeness (QED) is 0.200. The minimum Gasteiger partial charge on any atom is -0.468 e. The van der Waals surface area contributed by atoms with E-state index in [2.05, 4.69) is 21.3 Å². The zero-order chi connectivity index (χ0) is 32.6. The summed E-state index contributed by atoms with van der Waals surface area (Å²) in [6.07, 6.45) is 0.889. The van der Waals surface area contributed by atoms with E-state index in [1.54, 1.807) is 12.1 Å². The first kappa shape index (κ1) is 34.1. The molecule has 0 fully saturated rings. The second kappa shape index (κ2) is 15.3. The molecule has 0 bridgehead atoms. The third-order valence-electron chi connectivity index (χ3n) is 7.03. The Balaban J connectivity index is 1.88. The average Bonchev–Trinajstić information content (AvgIpc) is 2.99. The zero-order valence-electron chi connectivity index (χ0n) is 25.9. The molecule has 2 amide bonds. The Kier molecular flexibility index (Phi) is 11.9. The van der Waals surface area contributed by atoms with E-state index in [0.29, 0.717) is 12.8 Å². The monoisotopic (exact) mass is 608 g/mol. The summed E-state index contributed by atoms with van der Waals surface area (Å²) >= 11 is 0. The fraction of sp³-hybridized carbons (Fsp3) is 0.438. The highest BCUT2D eigenvalue weighted by molar-refractivity contribution is 6.32. The van der Waals surface area contributed by atoms with Crippen LogP contribution in [0.4, 0.5) is 11.4 Å². The van der Waals surface area contributed by atoms with Crippen LogP contribution < -0.4 is 21.3 Å². The highest BCUT2D eigenvalue weighted by Gasteiger charge is 2.35. The van der Waals surface area contributed by atoms with Crippen molar-refractivity contribution in [2.45, 2.75) is 52.6 Å². The molecule has 12 heteroatoms. The number of carbonyl (C=O) groups excluding carboxylic acids is 6. The molecular weight excluding hydrogens is 568 g/mol. The van der Waals surface area contributed by atoms with E-state index in [-0.39, 0.29) is 58.6 Å². The van der Waals surface area contributed by atoms with Crippen molar-refractivity contribution in [1.82, 2.24) is 10.6 Å². The lowest BCUT2D eigenvalue weighted by molar-refractivity contribution is -0.144. The number of methoxy groups -OCH3 is 2. The number of ketones is 2. The molecule has 4 N–H and O–H groups in total. The number of rotatable bonds is 14. The van der Waals surface area contributed by atoms with Gasteiger partial charge in [-0.25, -0.2) is 0 Å². The first-order chi connectivity index (χ1) is 20.9. The number of anilines is 2. The number of fused-ring (bicyclic) bond motifs is 2. The fourth-order valence-corrected chi connectivity index (χ4v) is 5.00. The number of nitrogens with one attached hydrogen (secondary N) is 4. The van der Waals surface area contributed by atoms with E-state index in [1.165, 1.54) is 38.5 Å². The smallest absolute Gasteiger partial charge is 0.322 e. The van der Waals surface area contributed by atoms with E-state index in [9.17, 15) is 28.8 Å². The standard InChI is InChI=1S/C32H40N4O8/c1-17(2)13-23(31(41)43-5)33-15-25(37)35-21-11-12-22(36-26(38)16-34-24(14-18(3)4)32(42)44-6)28-27(21)29(39)19-9-7-8-10-20(19)30(28)40/h7-12,17-18,23-24,33-34H,13-16H2,1-6H3,(H,35,37)(H,36,38)/t23-,24+. The number of amides is 2. The van der Waals surface area contributed by atoms with Crippen LogP contribution in [-0.4, -0.2) is 74.7 Å². The van der Waals surface area contributed by atoms with Gasteiger partial charge in [-0.2, -0.15) is 0 Å². The van der Waals surface area contributed by atoms with E-state index in [1.807, 2.05) is 27.7 Å². The van der Waals surface area contributed by atoms with Crippen molar-refractivity contribution in [3.63, 3.8) is 0 Å². The van der Waals surface area contributed by atoms with Gasteiger partial charge < -0.3 is 20.1 Å². The minimum absolute atomic E-state index is 0.0632. The highest BCUT2D eigenvalue weighted by Crippen LogP contribution is 2.36. The zero-order valence-corrected chi connectivity index (χ0v) is 25.9. The number of carbonyl (C=O) groups is 6. The van der Waals surface area contributed by atoms with Crippen LogP contribution in [0.3, 0.4) is 0 Å². The Labute approximate surface area is 256 Å². The van der Waals surface area contributed by atoms with Crippen LogP contribution in [0.15, 0.2) is 36.4 Å². The molecule has 0 radical (unpaired) electrons. The molecule has 2 aromatic rings. The summed E-state index contributed by atoms with van der Waals surface area (Å²) in [5.74, 6) is -2.79. The summed E-state index contributed by atoms with van der Waals surface area (Å²) < 4.78 is 9.66. The van der Waals surface area contributed by atoms with Gasteiger partial charge in [-0.3, -0.25) is 39.4 Å². The SMILES string of the molecule is COC(=O)[C@H](CC(C)C)NCC(=O)Nc1ccc(NC(=O)CN[C@H](CC(C)C)C(=O)OC)c2c1C(=O)c1ccccc1C2=O. The normalized spacial score (nSPS) is 13.5. The topological polar surface area (TPSA) is 169 Å². The van der Waals surface area contributed by atoms with Crippen molar-refractivity contribution >= 4 is 46.7 Å². The van der Waals surface area contributed by atoms with Gasteiger partial charge in [0.2, 0.25) is 11.8 Å². The Bertz CT molecular complexity index is 1330. The summed E-state index contributed by atoms with van der Waals surface area (Å²) in [5, 5.41) is 11.1. The molecule has 3 rings (SSSR count). The van der Waals surface area contributed by atoms with Gasteiger partial charge in [0, 0.05) is 11.1 Å². The first-order valence-corrected chi connectivity index (χ1v) is 14.4. The van der Waals surface area contributed by atoms with Crippen LogP contribution in [0.1, 0.15) is 72.4 Å². The molecule has 0 aromatic heterocycles. The molecule has 0 saturated carbocycles. The van der Waals surface area contributed by atoms with Gasteiger partial charge in [0.05, 0.1) is 49.8 Å². The Morgan fingerprint density at radius 3 is 1.32 bits per heavy atom. The Morgan fingerprint density at radius 2 is 1.00 bits per heavy atom. The first-order valence-electron chi connectivity index (χ1n) is 14.4. The Hall–Kier alpha value is -4.42. The third kappa shape index (κ3) is 8.35. The maximum Gasteiger partial charge on any atom is 0.322 e. The molecule has 0 saturated heterocycles. The van der Waals surface area contributed by atoms with E-state index >= 15 is 0 Å². The molecular formula is C32H40N4O8. The molecule has 12 nitrogen and oxygen atoms in total. The van der Waals surface area contributed by atoms with Gasteiger partial charge in [0.1, 0.15) is 12.1 Å². The second-order valence-corrected chi connectivity index (χ2v) is 11.4. The maximum atomic E-state index is 13.7. The average molecular weight is 609 g/mol. The van der Waals surface area contributed by atoms with Crippen molar-refractivity contribution in [2.24, 2.45) is 11.8 Å². The van der Waals surface area contributed by atoms with Crippen LogP contribution in [0.2, 0.25) is 0 Å². The van der Waals surface area contributed by atoms with Crippen molar-refractivity contribution < 1.29 is 38.2 Å². The molecule has 236 valence electrons. The molecule has 0 unspecified atom stereocenters. The number of hydrogen-bond donors (Lipinski definition) is 4. The fourth-order valence-electron chi connectivity index (χ4n) is 5.00. The van der Waals surface area contributed by atoms with Gasteiger partial charge in [-0.15, -0.1) is 0 Å². The van der Waals surface area contributed by atoms with Crippen molar-refractivity contribution in [3.8, 4) is 0 Å². The van der Waals surface area contributed by atoms with Crippen LogP contribution in [0.25, 0.3) is 0 Å². The molecule has 0 aliphatic heterocycles. The maximum absolute atomic E-state index is 13.7. The number of ether oxygens (including phenoxy) is 2. The lowest BCUT2D eigenvalue weighted by Crippen LogP contribution is -2.43. The lowest BCUT2D eigenvalue weighted by atomic mass is 9.82. The third-order valence-corrected chi connectivity index (χ3v) is 7.03. The summed E-state index contributed by atoms with van der Waals surface area (Å²) in [6, 6.07) is 7.75. The number of benzene rings is 2. The van der Waals surface area contributed by atoms with E-state index in [0.717, 1.165) is 0 Å². The summed E-state index contributed by atoms with van der Waals surface area (Å²) in [7, 11) is 2.54. The van der Waals surface area contributed by atoms with Gasteiger partial charge in [-0.1, -0.05) is 52.0 Å². The van der Waals surface area contributed by atoms with Gasteiger partial charge in [0.15, 0.2) is 11.6 Å². The Morgan fingerprint density at radius 1 is 0.636 bits per heavy atom. The minimum atomic E-state index is -0.708. The summed E-state index contributed by atoms with van der Waals surface area (Å²) in [6.45, 7) is 7.21. The van der Waals surface area contributed by atoms with Crippen LogP contribution in [0, 0.1) is 11.8 Å². The summed E-state index contributed by atoms with van der Waals surface area (Å²) in [4.78, 5) is 77.6. The van der Waals surface area contributed by atoms with E-state index < -0.39 is 47.4 Å². The van der Waals surface area contributed by atoms with Crippen LogP contribution in [-0.2, 0) is 28.7 Å². The van der Waals surface area contributed by atoms with Crippen LogP contribution in [0.5, 0.6) is 0 Å². The van der Waals surface area contributed by atoms with Gasteiger partial charge in [-0.05, 0) is 36.8 Å². The molecule has 1 aliphatic carbocycles. The molecule has 1 aliphatic rings. The molecule has 0 heterocycles. The van der Waals surface area contributed by atoms with Crippen LogP contribution >= 0.6 is 0 Å². The molecule has 2 aromatic carbocycles. The lowest BCUT2D eigenvalue weighted by Gasteiger charge is -2.24. The van der Waals surface area contributed by atoms with Crippen molar-refractivity contribution in [3.05, 3.63) is 58.7 Å². The van der Waals surface area contributed by atoms with Crippen molar-refractivity contribution in [1.29, 1.82) is 0 Å². The number of esters is 2. The number of hydrogen-bond acceptors (Lipinski definition) is 10. The summed E-state index contributed by atoms with van der Waals surface area (Å²) in [5.41, 5.74) is 0.370. The highest BCUT2D eigenvalue weighted by atomic mass is 16.5. The predicted octanol–water partition coefficient (Wildman–Crippen LogP) is 2.69. The molecule has 2 atom stereocenters. The molecule has 0 spiro atoms.